The predicted molar refractivity (Wildman–Crippen MR) is 78.4 cm³/mol. The van der Waals surface area contributed by atoms with E-state index in [-0.39, 0.29) is 11.2 Å². The van der Waals surface area contributed by atoms with Gasteiger partial charge in [-0.25, -0.2) is 0 Å². The maximum absolute atomic E-state index is 9.41. The normalized spacial score (nSPS) is 14.4. The number of aromatic hydroxyl groups is 1. The minimum absolute atomic E-state index is 0.151. The first-order valence-corrected chi connectivity index (χ1v) is 6.67. The summed E-state index contributed by atoms with van der Waals surface area (Å²) >= 11 is 0. The van der Waals surface area contributed by atoms with Crippen molar-refractivity contribution in [1.82, 2.24) is 4.98 Å². The molecule has 1 aromatic heterocycles. The van der Waals surface area contributed by atoms with E-state index in [1.807, 2.05) is 6.07 Å². The van der Waals surface area contributed by atoms with Crippen LogP contribution in [-0.2, 0) is 5.41 Å². The summed E-state index contributed by atoms with van der Waals surface area (Å²) in [6.07, 6.45) is 1.52. The fraction of sp³-hybridized carbons (Fsp3) is 0.353. The highest BCUT2D eigenvalue weighted by molar-refractivity contribution is 5.38. The highest BCUT2D eigenvalue weighted by Gasteiger charge is 2.33. The quantitative estimate of drug-likeness (QED) is 0.897. The maximum atomic E-state index is 9.41. The van der Waals surface area contributed by atoms with Crippen LogP contribution in [0.5, 0.6) is 5.75 Å². The molecule has 2 rings (SSSR count). The van der Waals surface area contributed by atoms with Crippen molar-refractivity contribution in [3.05, 3.63) is 59.4 Å². The lowest BCUT2D eigenvalue weighted by Gasteiger charge is -2.34. The third-order valence-electron chi connectivity index (χ3n) is 4.09. The summed E-state index contributed by atoms with van der Waals surface area (Å²) in [5, 5.41) is 9.41. The van der Waals surface area contributed by atoms with Crippen LogP contribution in [0.4, 0.5) is 0 Å². The first kappa shape index (κ1) is 13.6. The lowest BCUT2D eigenvalue weighted by atomic mass is 9.70. The monoisotopic (exact) mass is 255 g/mol. The molecule has 1 heterocycles. The summed E-state index contributed by atoms with van der Waals surface area (Å²) in [6, 6.07) is 12.2. The molecular weight excluding hydrogens is 234 g/mol. The van der Waals surface area contributed by atoms with E-state index in [4.69, 9.17) is 0 Å². The van der Waals surface area contributed by atoms with Gasteiger partial charge in [-0.3, -0.25) is 4.98 Å². The van der Waals surface area contributed by atoms with Crippen LogP contribution >= 0.6 is 0 Å². The molecule has 1 atom stereocenters. The van der Waals surface area contributed by atoms with Crippen molar-refractivity contribution < 1.29 is 5.11 Å². The number of nitrogens with zero attached hydrogens (tertiary/aromatic N) is 1. The Morgan fingerprint density at radius 1 is 1.05 bits per heavy atom. The van der Waals surface area contributed by atoms with Crippen molar-refractivity contribution >= 4 is 0 Å². The minimum atomic E-state index is -0.151. The van der Waals surface area contributed by atoms with Gasteiger partial charge in [-0.1, -0.05) is 43.7 Å². The molecule has 1 unspecified atom stereocenters. The summed E-state index contributed by atoms with van der Waals surface area (Å²) in [6.45, 7) is 8.71. The van der Waals surface area contributed by atoms with E-state index >= 15 is 0 Å². The van der Waals surface area contributed by atoms with E-state index in [1.54, 1.807) is 6.07 Å². The highest BCUT2D eigenvalue weighted by atomic mass is 16.3. The van der Waals surface area contributed by atoms with Crippen molar-refractivity contribution in [2.45, 2.75) is 33.1 Å². The highest BCUT2D eigenvalue weighted by Crippen LogP contribution is 2.38. The second-order valence-electron chi connectivity index (χ2n) is 5.62. The number of hydrogen-bond donors (Lipinski definition) is 1. The second-order valence-corrected chi connectivity index (χ2v) is 5.62. The number of benzene rings is 1. The third-order valence-corrected chi connectivity index (χ3v) is 4.09. The number of pyridine rings is 1. The maximum Gasteiger partial charge on any atom is 0.133 e. The largest absolute Gasteiger partial charge is 0.506 e. The Bertz CT molecular complexity index is 495. The Hall–Kier alpha value is -1.83. The van der Waals surface area contributed by atoms with Gasteiger partial charge < -0.3 is 5.11 Å². The zero-order valence-corrected chi connectivity index (χ0v) is 12.0. The number of hydrogen-bond acceptors (Lipinski definition) is 2. The topological polar surface area (TPSA) is 33.1 Å². The smallest absolute Gasteiger partial charge is 0.133 e. The van der Waals surface area contributed by atoms with E-state index < -0.39 is 0 Å². The molecule has 0 aliphatic rings. The SMILES string of the molecule is Cc1ccc(C(C)(c2ccc(O)cn2)C(C)C)cc1. The number of aryl methyl sites for hydroxylation is 1. The molecule has 2 aromatic rings. The van der Waals surface area contributed by atoms with Crippen LogP contribution in [0.2, 0.25) is 0 Å². The summed E-state index contributed by atoms with van der Waals surface area (Å²) in [7, 11) is 0. The zero-order valence-electron chi connectivity index (χ0n) is 12.0. The lowest BCUT2D eigenvalue weighted by molar-refractivity contribution is 0.392. The van der Waals surface area contributed by atoms with Crippen LogP contribution in [0.1, 0.15) is 37.6 Å². The molecule has 0 aliphatic heterocycles. The van der Waals surface area contributed by atoms with Crippen molar-refractivity contribution in [3.63, 3.8) is 0 Å². The molecule has 19 heavy (non-hydrogen) atoms. The molecule has 0 radical (unpaired) electrons. The Balaban J connectivity index is 2.54. The van der Waals surface area contributed by atoms with Crippen LogP contribution in [-0.4, -0.2) is 10.1 Å². The van der Waals surface area contributed by atoms with E-state index in [0.29, 0.717) is 5.92 Å². The molecule has 2 heteroatoms. The molecule has 0 bridgehead atoms. The molecule has 0 amide bonds. The van der Waals surface area contributed by atoms with Crippen LogP contribution in [0.25, 0.3) is 0 Å². The van der Waals surface area contributed by atoms with E-state index in [2.05, 4.69) is 56.9 Å². The molecule has 0 fully saturated rings. The fourth-order valence-electron chi connectivity index (χ4n) is 2.37. The first-order chi connectivity index (χ1) is 8.94. The van der Waals surface area contributed by atoms with E-state index in [9.17, 15) is 5.11 Å². The summed E-state index contributed by atoms with van der Waals surface area (Å²) in [4.78, 5) is 4.42. The van der Waals surface area contributed by atoms with Gasteiger partial charge in [0.25, 0.3) is 0 Å². The Morgan fingerprint density at radius 2 is 1.68 bits per heavy atom. The van der Waals surface area contributed by atoms with Gasteiger partial charge >= 0.3 is 0 Å². The van der Waals surface area contributed by atoms with Gasteiger partial charge in [-0.05, 0) is 37.5 Å². The molecule has 0 spiro atoms. The standard InChI is InChI=1S/C17H21NO/c1-12(2)17(4,14-7-5-13(3)6-8-14)16-10-9-15(19)11-18-16/h5-12,19H,1-4H3. The summed E-state index contributed by atoms with van der Waals surface area (Å²) in [5.41, 5.74) is 3.35. The fourth-order valence-corrected chi connectivity index (χ4v) is 2.37. The molecule has 100 valence electrons. The Labute approximate surface area is 115 Å². The minimum Gasteiger partial charge on any atom is -0.506 e. The molecule has 0 saturated heterocycles. The van der Waals surface area contributed by atoms with Gasteiger partial charge in [0.2, 0.25) is 0 Å². The molecule has 0 aliphatic carbocycles. The van der Waals surface area contributed by atoms with Crippen molar-refractivity contribution in [1.29, 1.82) is 0 Å². The first-order valence-electron chi connectivity index (χ1n) is 6.67. The van der Waals surface area contributed by atoms with Gasteiger partial charge in [-0.15, -0.1) is 0 Å². The van der Waals surface area contributed by atoms with E-state index in [0.717, 1.165) is 5.69 Å². The molecule has 2 nitrogen and oxygen atoms in total. The van der Waals surface area contributed by atoms with Crippen LogP contribution in [0, 0.1) is 12.8 Å². The Kier molecular flexibility index (Phi) is 3.61. The average Bonchev–Trinajstić information content (AvgIpc) is 2.39. The summed E-state index contributed by atoms with van der Waals surface area (Å²) in [5.74, 6) is 0.617. The zero-order chi connectivity index (χ0) is 14.0. The molecular formula is C17H21NO. The van der Waals surface area contributed by atoms with Crippen LogP contribution in [0.15, 0.2) is 42.6 Å². The predicted octanol–water partition coefficient (Wildman–Crippen LogP) is 4.06. The summed E-state index contributed by atoms with van der Waals surface area (Å²) < 4.78 is 0. The van der Waals surface area contributed by atoms with Gasteiger partial charge in [-0.2, -0.15) is 0 Å². The van der Waals surface area contributed by atoms with Crippen molar-refractivity contribution in [3.8, 4) is 5.75 Å². The van der Waals surface area contributed by atoms with Crippen LogP contribution in [0.3, 0.4) is 0 Å². The third kappa shape index (κ3) is 2.48. The molecule has 1 N–H and O–H groups in total. The molecule has 1 aromatic carbocycles. The van der Waals surface area contributed by atoms with Gasteiger partial charge in [0.05, 0.1) is 11.9 Å². The lowest BCUT2D eigenvalue weighted by Crippen LogP contribution is -2.31. The molecule has 0 saturated carbocycles. The van der Waals surface area contributed by atoms with Crippen LogP contribution < -0.4 is 0 Å². The van der Waals surface area contributed by atoms with E-state index in [1.165, 1.54) is 17.3 Å². The Morgan fingerprint density at radius 3 is 2.16 bits per heavy atom. The second kappa shape index (κ2) is 5.04. The van der Waals surface area contributed by atoms with Gasteiger partial charge in [0.1, 0.15) is 5.75 Å². The van der Waals surface area contributed by atoms with Gasteiger partial charge in [0, 0.05) is 5.41 Å². The number of rotatable bonds is 3. The number of aromatic nitrogens is 1. The van der Waals surface area contributed by atoms with Crippen molar-refractivity contribution in [2.75, 3.05) is 0 Å². The van der Waals surface area contributed by atoms with Crippen molar-refractivity contribution in [2.24, 2.45) is 5.92 Å². The van der Waals surface area contributed by atoms with Gasteiger partial charge in [0.15, 0.2) is 0 Å². The average molecular weight is 255 g/mol.